The van der Waals surface area contributed by atoms with Crippen molar-refractivity contribution in [2.24, 2.45) is 0 Å². The van der Waals surface area contributed by atoms with Crippen molar-refractivity contribution in [2.75, 3.05) is 20.3 Å². The normalized spacial score (nSPS) is 14.6. The Hall–Kier alpha value is -1.62. The number of nitrogens with zero attached hydrogens (tertiary/aromatic N) is 1. The number of amides is 1. The molecule has 1 aliphatic carbocycles. The Morgan fingerprint density at radius 3 is 2.89 bits per heavy atom. The number of rotatable bonds is 5. The smallest absolute Gasteiger partial charge is 0.258 e. The first-order valence-corrected chi connectivity index (χ1v) is 5.92. The molecule has 0 saturated heterocycles. The highest BCUT2D eigenvalue weighted by atomic mass is 19.1. The van der Waals surface area contributed by atoms with E-state index in [0.29, 0.717) is 13.2 Å². The number of carbonyl (C=O) groups excluding carboxylic acids is 1. The van der Waals surface area contributed by atoms with Gasteiger partial charge in [-0.25, -0.2) is 4.39 Å². The third-order valence-corrected chi connectivity index (χ3v) is 2.97. The number of phenolic OH excluding ortho intramolecular Hbond substituents is 1. The third kappa shape index (κ3) is 2.79. The van der Waals surface area contributed by atoms with Gasteiger partial charge in [0.1, 0.15) is 11.6 Å². The van der Waals surface area contributed by atoms with E-state index in [2.05, 4.69) is 0 Å². The minimum atomic E-state index is -0.529. The molecule has 2 rings (SSSR count). The Bertz CT molecular complexity index is 446. The summed E-state index contributed by atoms with van der Waals surface area (Å²) < 4.78 is 18.1. The average molecular weight is 253 g/mol. The largest absolute Gasteiger partial charge is 0.507 e. The number of hydrogen-bond donors (Lipinski definition) is 1. The van der Waals surface area contributed by atoms with Crippen LogP contribution in [0.1, 0.15) is 23.2 Å². The van der Waals surface area contributed by atoms with Gasteiger partial charge in [-0.2, -0.15) is 0 Å². The number of halogens is 1. The van der Waals surface area contributed by atoms with Gasteiger partial charge in [0.15, 0.2) is 0 Å². The van der Waals surface area contributed by atoms with Gasteiger partial charge in [0.05, 0.1) is 12.2 Å². The molecular weight excluding hydrogens is 237 g/mol. The molecule has 0 radical (unpaired) electrons. The number of aromatic hydroxyl groups is 1. The molecule has 1 aliphatic rings. The van der Waals surface area contributed by atoms with Gasteiger partial charge < -0.3 is 14.7 Å². The number of methoxy groups -OCH3 is 1. The lowest BCUT2D eigenvalue weighted by Gasteiger charge is -2.22. The van der Waals surface area contributed by atoms with Crippen LogP contribution in [0.2, 0.25) is 0 Å². The minimum Gasteiger partial charge on any atom is -0.507 e. The highest BCUT2D eigenvalue weighted by Gasteiger charge is 2.33. The molecule has 1 fully saturated rings. The highest BCUT2D eigenvalue weighted by Crippen LogP contribution is 2.30. The molecule has 18 heavy (non-hydrogen) atoms. The van der Waals surface area contributed by atoms with Gasteiger partial charge in [0, 0.05) is 19.7 Å². The van der Waals surface area contributed by atoms with E-state index < -0.39 is 5.82 Å². The topological polar surface area (TPSA) is 49.8 Å². The van der Waals surface area contributed by atoms with E-state index in [-0.39, 0.29) is 23.3 Å². The van der Waals surface area contributed by atoms with E-state index in [4.69, 9.17) is 4.74 Å². The van der Waals surface area contributed by atoms with Crippen LogP contribution in [0.25, 0.3) is 0 Å². The molecule has 0 bridgehead atoms. The molecule has 98 valence electrons. The Kier molecular flexibility index (Phi) is 3.81. The van der Waals surface area contributed by atoms with Crippen molar-refractivity contribution in [3.63, 3.8) is 0 Å². The predicted octanol–water partition coefficient (Wildman–Crippen LogP) is 1.78. The Morgan fingerprint density at radius 1 is 1.56 bits per heavy atom. The molecule has 0 atom stereocenters. The van der Waals surface area contributed by atoms with E-state index >= 15 is 0 Å². The van der Waals surface area contributed by atoms with Gasteiger partial charge in [-0.3, -0.25) is 4.79 Å². The summed E-state index contributed by atoms with van der Waals surface area (Å²) >= 11 is 0. The van der Waals surface area contributed by atoms with Crippen molar-refractivity contribution in [3.8, 4) is 5.75 Å². The molecule has 1 saturated carbocycles. The zero-order chi connectivity index (χ0) is 13.1. The quantitative estimate of drug-likeness (QED) is 0.870. The zero-order valence-electron chi connectivity index (χ0n) is 10.2. The van der Waals surface area contributed by atoms with E-state index in [1.54, 1.807) is 12.0 Å². The van der Waals surface area contributed by atoms with E-state index in [9.17, 15) is 14.3 Å². The molecule has 0 aromatic heterocycles. The van der Waals surface area contributed by atoms with Gasteiger partial charge in [0.25, 0.3) is 5.91 Å². The molecule has 1 N–H and O–H groups in total. The summed E-state index contributed by atoms with van der Waals surface area (Å²) in [5.74, 6) is -1.06. The molecule has 5 heteroatoms. The maximum Gasteiger partial charge on any atom is 0.258 e. The van der Waals surface area contributed by atoms with Crippen molar-refractivity contribution < 1.29 is 19.0 Å². The summed E-state index contributed by atoms with van der Waals surface area (Å²) in [5.41, 5.74) is 0.0120. The van der Waals surface area contributed by atoms with Crippen molar-refractivity contribution in [1.29, 1.82) is 0 Å². The second kappa shape index (κ2) is 5.35. The molecular formula is C13H16FNO3. The van der Waals surface area contributed by atoms with Gasteiger partial charge >= 0.3 is 0 Å². The third-order valence-electron chi connectivity index (χ3n) is 2.97. The number of phenols is 1. The molecule has 0 unspecified atom stereocenters. The predicted molar refractivity (Wildman–Crippen MR) is 64.0 cm³/mol. The van der Waals surface area contributed by atoms with Crippen molar-refractivity contribution >= 4 is 5.91 Å². The minimum absolute atomic E-state index is 0.0120. The zero-order valence-corrected chi connectivity index (χ0v) is 10.2. The molecule has 1 aromatic carbocycles. The first kappa shape index (κ1) is 12.8. The molecule has 0 spiro atoms. The van der Waals surface area contributed by atoms with Gasteiger partial charge in [0.2, 0.25) is 0 Å². The number of benzene rings is 1. The lowest BCUT2D eigenvalue weighted by atomic mass is 10.1. The second-order valence-corrected chi connectivity index (χ2v) is 4.38. The fourth-order valence-electron chi connectivity index (χ4n) is 1.86. The fraction of sp³-hybridized carbons (Fsp3) is 0.462. The van der Waals surface area contributed by atoms with Crippen LogP contribution < -0.4 is 0 Å². The number of ether oxygens (including phenoxy) is 1. The van der Waals surface area contributed by atoms with E-state index in [1.807, 2.05) is 0 Å². The SMILES string of the molecule is COCCN(C(=O)c1cc(F)ccc1O)C1CC1. The Balaban J connectivity index is 2.19. The highest BCUT2D eigenvalue weighted by molar-refractivity contribution is 5.97. The lowest BCUT2D eigenvalue weighted by molar-refractivity contribution is 0.0676. The summed E-state index contributed by atoms with van der Waals surface area (Å²) in [6.45, 7) is 0.883. The molecule has 1 amide bonds. The van der Waals surface area contributed by atoms with Gasteiger partial charge in [-0.05, 0) is 31.0 Å². The molecule has 0 aliphatic heterocycles. The Labute approximate surface area is 105 Å². The van der Waals surface area contributed by atoms with Crippen LogP contribution in [0.15, 0.2) is 18.2 Å². The van der Waals surface area contributed by atoms with Gasteiger partial charge in [-0.15, -0.1) is 0 Å². The number of carbonyl (C=O) groups is 1. The van der Waals surface area contributed by atoms with Crippen molar-refractivity contribution in [3.05, 3.63) is 29.6 Å². The molecule has 4 nitrogen and oxygen atoms in total. The average Bonchev–Trinajstić information content (AvgIpc) is 3.17. The summed E-state index contributed by atoms with van der Waals surface area (Å²) in [6, 6.07) is 3.59. The van der Waals surface area contributed by atoms with E-state index in [1.165, 1.54) is 6.07 Å². The lowest BCUT2D eigenvalue weighted by Crippen LogP contribution is -2.35. The van der Waals surface area contributed by atoms with Crippen LogP contribution in [-0.4, -0.2) is 42.2 Å². The van der Waals surface area contributed by atoms with Gasteiger partial charge in [-0.1, -0.05) is 0 Å². The van der Waals surface area contributed by atoms with Crippen molar-refractivity contribution in [2.45, 2.75) is 18.9 Å². The van der Waals surface area contributed by atoms with Crippen LogP contribution >= 0.6 is 0 Å². The summed E-state index contributed by atoms with van der Waals surface area (Å²) in [5, 5.41) is 9.64. The van der Waals surface area contributed by atoms with Crippen LogP contribution in [0.5, 0.6) is 5.75 Å². The van der Waals surface area contributed by atoms with Crippen molar-refractivity contribution in [1.82, 2.24) is 4.90 Å². The van der Waals surface area contributed by atoms with E-state index in [0.717, 1.165) is 25.0 Å². The maximum absolute atomic E-state index is 13.1. The molecule has 1 aromatic rings. The maximum atomic E-state index is 13.1. The summed E-state index contributed by atoms with van der Waals surface area (Å²) in [6.07, 6.45) is 1.90. The molecule has 0 heterocycles. The number of hydrogen-bond acceptors (Lipinski definition) is 3. The standard InChI is InChI=1S/C13H16FNO3/c1-18-7-6-15(10-3-4-10)13(17)11-8-9(14)2-5-12(11)16/h2,5,8,10,16H,3-4,6-7H2,1H3. The van der Waals surface area contributed by atoms with Crippen LogP contribution in [0, 0.1) is 5.82 Å². The summed E-state index contributed by atoms with van der Waals surface area (Å²) in [7, 11) is 1.56. The second-order valence-electron chi connectivity index (χ2n) is 4.38. The monoisotopic (exact) mass is 253 g/mol. The first-order chi connectivity index (χ1) is 8.63. The van der Waals surface area contributed by atoms with Crippen LogP contribution in [0.3, 0.4) is 0 Å². The van der Waals surface area contributed by atoms with Crippen LogP contribution in [0.4, 0.5) is 4.39 Å². The van der Waals surface area contributed by atoms with Crippen LogP contribution in [-0.2, 0) is 4.74 Å². The first-order valence-electron chi connectivity index (χ1n) is 5.92. The summed E-state index contributed by atoms with van der Waals surface area (Å²) in [4.78, 5) is 13.9. The fourth-order valence-corrected chi connectivity index (χ4v) is 1.86. The Morgan fingerprint density at radius 2 is 2.28 bits per heavy atom.